The van der Waals surface area contributed by atoms with Gasteiger partial charge in [0.05, 0.1) is 11.0 Å². The Morgan fingerprint density at radius 3 is 2.77 bits per heavy atom. The molecule has 7 heteroatoms. The van der Waals surface area contributed by atoms with Gasteiger partial charge in [-0.15, -0.1) is 0 Å². The topological polar surface area (TPSA) is 88.3 Å². The fraction of sp³-hybridized carbons (Fsp3) is 0.333. The van der Waals surface area contributed by atoms with Crippen LogP contribution < -0.4 is 5.32 Å². The second-order valence-corrected chi connectivity index (χ2v) is 7.93. The van der Waals surface area contributed by atoms with E-state index in [1.165, 1.54) is 0 Å². The quantitative estimate of drug-likeness (QED) is 0.663. The number of rotatable bonds is 6. The van der Waals surface area contributed by atoms with Gasteiger partial charge in [-0.3, -0.25) is 14.6 Å². The molecule has 1 atom stereocenters. The van der Waals surface area contributed by atoms with Crippen LogP contribution >= 0.6 is 0 Å². The maximum atomic E-state index is 13.2. The van der Waals surface area contributed by atoms with Gasteiger partial charge in [0.25, 0.3) is 5.91 Å². The van der Waals surface area contributed by atoms with Crippen LogP contribution in [-0.2, 0) is 11.2 Å². The van der Waals surface area contributed by atoms with Crippen molar-refractivity contribution >= 4 is 11.8 Å². The molecule has 7 nitrogen and oxygen atoms in total. The first-order valence-corrected chi connectivity index (χ1v) is 10.6. The summed E-state index contributed by atoms with van der Waals surface area (Å²) >= 11 is 0. The highest BCUT2D eigenvalue weighted by molar-refractivity contribution is 5.94. The smallest absolute Gasteiger partial charge is 0.255 e. The van der Waals surface area contributed by atoms with Crippen LogP contribution in [0.1, 0.15) is 35.9 Å². The maximum absolute atomic E-state index is 13.2. The highest BCUT2D eigenvalue weighted by Crippen LogP contribution is 2.35. The molecule has 1 saturated heterocycles. The minimum absolute atomic E-state index is 0.0589. The molecule has 1 N–H and O–H groups in total. The minimum atomic E-state index is -0.764. The molecule has 160 valence electrons. The Hall–Kier alpha value is -3.48. The zero-order chi connectivity index (χ0) is 21.7. The summed E-state index contributed by atoms with van der Waals surface area (Å²) in [4.78, 5) is 32.0. The lowest BCUT2D eigenvalue weighted by Crippen LogP contribution is -2.54. The molecule has 0 aliphatic carbocycles. The Balaban J connectivity index is 1.59. The van der Waals surface area contributed by atoms with Crippen molar-refractivity contribution in [3.63, 3.8) is 0 Å². The summed E-state index contributed by atoms with van der Waals surface area (Å²) in [5, 5.41) is 7.16. The second kappa shape index (κ2) is 9.12. The third-order valence-corrected chi connectivity index (χ3v) is 5.73. The van der Waals surface area contributed by atoms with E-state index in [2.05, 4.69) is 15.5 Å². The first-order chi connectivity index (χ1) is 15.1. The number of hydrogen-bond acceptors (Lipinski definition) is 5. The molecule has 3 heterocycles. The van der Waals surface area contributed by atoms with E-state index in [1.807, 2.05) is 43.3 Å². The van der Waals surface area contributed by atoms with Crippen molar-refractivity contribution in [3.05, 3.63) is 72.2 Å². The van der Waals surface area contributed by atoms with E-state index in [0.717, 1.165) is 17.7 Å². The van der Waals surface area contributed by atoms with Crippen LogP contribution in [0.3, 0.4) is 0 Å². The summed E-state index contributed by atoms with van der Waals surface area (Å²) in [5.74, 6) is 0.473. The van der Waals surface area contributed by atoms with Crippen LogP contribution in [-0.4, -0.2) is 46.5 Å². The Morgan fingerprint density at radius 1 is 1.19 bits per heavy atom. The monoisotopic (exact) mass is 418 g/mol. The van der Waals surface area contributed by atoms with Crippen molar-refractivity contribution in [2.75, 3.05) is 19.6 Å². The molecule has 2 aromatic heterocycles. The number of nitrogens with zero attached hydrogens (tertiary/aromatic N) is 3. The van der Waals surface area contributed by atoms with Gasteiger partial charge in [-0.05, 0) is 31.9 Å². The molecule has 3 aromatic rings. The van der Waals surface area contributed by atoms with E-state index in [1.54, 1.807) is 29.4 Å². The normalized spacial score (nSPS) is 18.5. The average molecular weight is 418 g/mol. The highest BCUT2D eigenvalue weighted by atomic mass is 16.5. The molecule has 4 rings (SSSR count). The first-order valence-electron chi connectivity index (χ1n) is 10.6. The summed E-state index contributed by atoms with van der Waals surface area (Å²) in [7, 11) is 0. The predicted molar refractivity (Wildman–Crippen MR) is 116 cm³/mol. The average Bonchev–Trinajstić information content (AvgIpc) is 3.28. The molecule has 0 saturated carbocycles. The molecule has 1 aliphatic heterocycles. The summed E-state index contributed by atoms with van der Waals surface area (Å²) in [6.45, 7) is 3.37. The minimum Gasteiger partial charge on any atom is -0.361 e. The van der Waals surface area contributed by atoms with Crippen molar-refractivity contribution < 1.29 is 14.1 Å². The van der Waals surface area contributed by atoms with Gasteiger partial charge in [0, 0.05) is 50.1 Å². The lowest BCUT2D eigenvalue weighted by molar-refractivity contribution is -0.133. The van der Waals surface area contributed by atoms with Crippen LogP contribution in [0.4, 0.5) is 0 Å². The Labute approximate surface area is 181 Å². The number of carbonyl (C=O) groups is 2. The summed E-state index contributed by atoms with van der Waals surface area (Å²) in [6.07, 6.45) is 5.00. The fourth-order valence-electron chi connectivity index (χ4n) is 4.21. The zero-order valence-electron chi connectivity index (χ0n) is 17.6. The number of hydrogen-bond donors (Lipinski definition) is 1. The second-order valence-electron chi connectivity index (χ2n) is 7.93. The van der Waals surface area contributed by atoms with Crippen molar-refractivity contribution in [1.29, 1.82) is 0 Å². The largest absolute Gasteiger partial charge is 0.361 e. The third kappa shape index (κ3) is 4.50. The molecule has 1 aliphatic rings. The van der Waals surface area contributed by atoms with Crippen LogP contribution in [0.25, 0.3) is 11.3 Å². The van der Waals surface area contributed by atoms with Crippen LogP contribution in [0.5, 0.6) is 0 Å². The van der Waals surface area contributed by atoms with E-state index in [-0.39, 0.29) is 11.8 Å². The van der Waals surface area contributed by atoms with Gasteiger partial charge in [-0.25, -0.2) is 0 Å². The number of carbonyl (C=O) groups excluding carboxylic acids is 2. The standard InChI is InChI=1S/C24H26N4O3/c1-2-26-23(30)24(15-20-14-21(27-31-20)18-8-4-3-5-9-18)11-7-13-28(17-24)22(29)19-10-6-12-25-16-19/h3-6,8-10,12,14,16H,2,7,11,13,15,17H2,1H3,(H,26,30)/t24-/m1/s1. The van der Waals surface area contributed by atoms with Gasteiger partial charge in [-0.1, -0.05) is 35.5 Å². The Morgan fingerprint density at radius 2 is 2.03 bits per heavy atom. The van der Waals surface area contributed by atoms with Crippen LogP contribution in [0.2, 0.25) is 0 Å². The summed E-state index contributed by atoms with van der Waals surface area (Å²) in [5.41, 5.74) is 1.46. The summed E-state index contributed by atoms with van der Waals surface area (Å²) in [6, 6.07) is 15.2. The van der Waals surface area contributed by atoms with Gasteiger partial charge in [0.2, 0.25) is 5.91 Å². The van der Waals surface area contributed by atoms with Gasteiger partial charge in [0.15, 0.2) is 0 Å². The third-order valence-electron chi connectivity index (χ3n) is 5.73. The predicted octanol–water partition coefficient (Wildman–Crippen LogP) is 3.34. The molecule has 0 radical (unpaired) electrons. The molecule has 1 fully saturated rings. The number of aromatic nitrogens is 2. The number of benzene rings is 1. The van der Waals surface area contributed by atoms with Crippen molar-refractivity contribution in [1.82, 2.24) is 20.4 Å². The van der Waals surface area contributed by atoms with Gasteiger partial charge in [0.1, 0.15) is 11.5 Å². The molecule has 0 spiro atoms. The van der Waals surface area contributed by atoms with Crippen LogP contribution in [0, 0.1) is 5.41 Å². The SMILES string of the molecule is CCNC(=O)[C@@]1(Cc2cc(-c3ccccc3)no2)CCCN(C(=O)c2cccnc2)C1. The number of pyridine rings is 1. The van der Waals surface area contributed by atoms with Crippen molar-refractivity contribution in [2.24, 2.45) is 5.41 Å². The Bertz CT molecular complexity index is 1040. The molecular formula is C24H26N4O3. The number of amides is 2. The van der Waals surface area contributed by atoms with Crippen LogP contribution in [0.15, 0.2) is 65.4 Å². The molecule has 0 bridgehead atoms. The first kappa shape index (κ1) is 20.8. The van der Waals surface area contributed by atoms with Crippen molar-refractivity contribution in [2.45, 2.75) is 26.2 Å². The van der Waals surface area contributed by atoms with Gasteiger partial charge < -0.3 is 14.7 Å². The van der Waals surface area contributed by atoms with Gasteiger partial charge >= 0.3 is 0 Å². The van der Waals surface area contributed by atoms with E-state index in [9.17, 15) is 9.59 Å². The zero-order valence-corrected chi connectivity index (χ0v) is 17.6. The fourth-order valence-corrected chi connectivity index (χ4v) is 4.21. The molecular weight excluding hydrogens is 392 g/mol. The number of nitrogens with one attached hydrogen (secondary N) is 1. The Kier molecular flexibility index (Phi) is 6.11. The molecule has 31 heavy (non-hydrogen) atoms. The summed E-state index contributed by atoms with van der Waals surface area (Å²) < 4.78 is 5.61. The van der Waals surface area contributed by atoms with E-state index in [0.29, 0.717) is 43.8 Å². The molecule has 0 unspecified atom stereocenters. The lowest BCUT2D eigenvalue weighted by Gasteiger charge is -2.41. The number of likely N-dealkylation sites (tertiary alicyclic amines) is 1. The molecule has 1 aromatic carbocycles. The highest BCUT2D eigenvalue weighted by Gasteiger charge is 2.44. The lowest BCUT2D eigenvalue weighted by atomic mass is 9.75. The van der Waals surface area contributed by atoms with E-state index >= 15 is 0 Å². The van der Waals surface area contributed by atoms with Crippen molar-refractivity contribution in [3.8, 4) is 11.3 Å². The number of piperidine rings is 1. The maximum Gasteiger partial charge on any atom is 0.255 e. The van der Waals surface area contributed by atoms with E-state index < -0.39 is 5.41 Å². The van der Waals surface area contributed by atoms with Gasteiger partial charge in [-0.2, -0.15) is 0 Å². The van der Waals surface area contributed by atoms with E-state index in [4.69, 9.17) is 4.52 Å². The molecule has 2 amide bonds.